The van der Waals surface area contributed by atoms with E-state index in [1.807, 2.05) is 0 Å². The molecule has 3 atom stereocenters. The van der Waals surface area contributed by atoms with Crippen molar-refractivity contribution in [3.63, 3.8) is 0 Å². The van der Waals surface area contributed by atoms with Crippen molar-refractivity contribution < 1.29 is 4.74 Å². The van der Waals surface area contributed by atoms with Crippen LogP contribution in [0.15, 0.2) is 24.3 Å². The number of hydrogen-bond donors (Lipinski definition) is 0. The van der Waals surface area contributed by atoms with Gasteiger partial charge in [-0.05, 0) is 43.7 Å². The average Bonchev–Trinajstić information content (AvgIpc) is 2.68. The van der Waals surface area contributed by atoms with E-state index >= 15 is 0 Å². The predicted octanol–water partition coefficient (Wildman–Crippen LogP) is 3.73. The summed E-state index contributed by atoms with van der Waals surface area (Å²) in [5, 5.41) is 0. The Morgan fingerprint density at radius 3 is 2.81 bits per heavy atom. The van der Waals surface area contributed by atoms with E-state index in [1.165, 1.54) is 17.5 Å². The Morgan fingerprint density at radius 1 is 1.44 bits per heavy atom. The van der Waals surface area contributed by atoms with Gasteiger partial charge in [0.15, 0.2) is 0 Å². The molecule has 1 heterocycles. The molecule has 1 fully saturated rings. The van der Waals surface area contributed by atoms with Gasteiger partial charge in [-0.25, -0.2) is 0 Å². The van der Waals surface area contributed by atoms with E-state index in [9.17, 15) is 0 Å². The minimum Gasteiger partial charge on any atom is -0.378 e. The lowest BCUT2D eigenvalue weighted by Crippen LogP contribution is -2.17. The Morgan fingerprint density at radius 2 is 2.19 bits per heavy atom. The van der Waals surface area contributed by atoms with E-state index in [2.05, 4.69) is 54.0 Å². The van der Waals surface area contributed by atoms with Gasteiger partial charge in [-0.3, -0.25) is 0 Å². The van der Waals surface area contributed by atoms with Crippen molar-refractivity contribution in [2.24, 2.45) is 5.92 Å². The first kappa shape index (κ1) is 12.1. The van der Waals surface area contributed by atoms with E-state index in [4.69, 9.17) is 4.74 Å². The molecular formula is C14H19BrO. The second kappa shape index (κ2) is 5.33. The SMILES string of the molecule is Cc1ccccc1CC(Br)C1COC(C)C1. The smallest absolute Gasteiger partial charge is 0.0551 e. The number of halogens is 1. The summed E-state index contributed by atoms with van der Waals surface area (Å²) in [6.07, 6.45) is 2.72. The van der Waals surface area contributed by atoms with Gasteiger partial charge in [-0.15, -0.1) is 0 Å². The van der Waals surface area contributed by atoms with Crippen LogP contribution >= 0.6 is 15.9 Å². The number of aryl methyl sites for hydroxylation is 1. The monoisotopic (exact) mass is 282 g/mol. The second-order valence-electron chi connectivity index (χ2n) is 4.79. The van der Waals surface area contributed by atoms with Gasteiger partial charge in [-0.1, -0.05) is 40.2 Å². The maximum absolute atomic E-state index is 5.62. The summed E-state index contributed by atoms with van der Waals surface area (Å²) in [5.41, 5.74) is 2.84. The molecule has 0 N–H and O–H groups in total. The van der Waals surface area contributed by atoms with Gasteiger partial charge < -0.3 is 4.74 Å². The molecule has 3 unspecified atom stereocenters. The normalized spacial score (nSPS) is 26.9. The summed E-state index contributed by atoms with van der Waals surface area (Å²) < 4.78 is 5.62. The quantitative estimate of drug-likeness (QED) is 0.768. The van der Waals surface area contributed by atoms with Gasteiger partial charge in [0.25, 0.3) is 0 Å². The predicted molar refractivity (Wildman–Crippen MR) is 71.1 cm³/mol. The van der Waals surface area contributed by atoms with Crippen molar-refractivity contribution in [2.45, 2.75) is 37.6 Å². The van der Waals surface area contributed by atoms with Crippen LogP contribution < -0.4 is 0 Å². The van der Waals surface area contributed by atoms with Crippen LogP contribution in [0.25, 0.3) is 0 Å². The molecule has 2 heteroatoms. The van der Waals surface area contributed by atoms with E-state index in [-0.39, 0.29) is 0 Å². The molecule has 0 aliphatic carbocycles. The van der Waals surface area contributed by atoms with Gasteiger partial charge in [-0.2, -0.15) is 0 Å². The first-order chi connectivity index (χ1) is 7.66. The summed E-state index contributed by atoms with van der Waals surface area (Å²) >= 11 is 3.82. The van der Waals surface area contributed by atoms with Crippen molar-refractivity contribution >= 4 is 15.9 Å². The molecule has 1 aliphatic rings. The highest BCUT2D eigenvalue weighted by atomic mass is 79.9. The van der Waals surface area contributed by atoms with Crippen molar-refractivity contribution in [1.82, 2.24) is 0 Å². The van der Waals surface area contributed by atoms with E-state index in [1.54, 1.807) is 0 Å². The third-order valence-corrected chi connectivity index (χ3v) is 4.49. The van der Waals surface area contributed by atoms with E-state index in [0.29, 0.717) is 16.8 Å². The first-order valence-electron chi connectivity index (χ1n) is 5.97. The summed E-state index contributed by atoms with van der Waals surface area (Å²) in [7, 11) is 0. The van der Waals surface area contributed by atoms with Crippen LogP contribution in [0.2, 0.25) is 0 Å². The van der Waals surface area contributed by atoms with E-state index in [0.717, 1.165) is 13.0 Å². The molecule has 1 nitrogen and oxygen atoms in total. The topological polar surface area (TPSA) is 9.23 Å². The van der Waals surface area contributed by atoms with Crippen LogP contribution in [0.3, 0.4) is 0 Å². The number of hydrogen-bond acceptors (Lipinski definition) is 1. The summed E-state index contributed by atoms with van der Waals surface area (Å²) in [5.74, 6) is 0.662. The highest BCUT2D eigenvalue weighted by Crippen LogP contribution is 2.29. The molecule has 0 bridgehead atoms. The fraction of sp³-hybridized carbons (Fsp3) is 0.571. The van der Waals surface area contributed by atoms with Crippen LogP contribution in [0.5, 0.6) is 0 Å². The van der Waals surface area contributed by atoms with Crippen LogP contribution in [-0.4, -0.2) is 17.5 Å². The highest BCUT2D eigenvalue weighted by molar-refractivity contribution is 9.09. The van der Waals surface area contributed by atoms with Crippen molar-refractivity contribution in [2.75, 3.05) is 6.61 Å². The molecule has 0 saturated carbocycles. The first-order valence-corrected chi connectivity index (χ1v) is 6.88. The number of alkyl halides is 1. The molecule has 16 heavy (non-hydrogen) atoms. The summed E-state index contributed by atoms with van der Waals surface area (Å²) in [6.45, 7) is 5.25. The molecule has 88 valence electrons. The molecule has 1 aromatic rings. The lowest BCUT2D eigenvalue weighted by molar-refractivity contribution is 0.120. The Kier molecular flexibility index (Phi) is 4.04. The zero-order valence-corrected chi connectivity index (χ0v) is 11.5. The zero-order chi connectivity index (χ0) is 11.5. The van der Waals surface area contributed by atoms with Crippen LogP contribution in [-0.2, 0) is 11.2 Å². The van der Waals surface area contributed by atoms with Crippen LogP contribution in [0, 0.1) is 12.8 Å². The number of benzene rings is 1. The van der Waals surface area contributed by atoms with Gasteiger partial charge >= 0.3 is 0 Å². The molecule has 0 spiro atoms. The molecule has 0 aromatic heterocycles. The second-order valence-corrected chi connectivity index (χ2v) is 5.96. The Hall–Kier alpha value is -0.340. The fourth-order valence-electron chi connectivity index (χ4n) is 2.32. The lowest BCUT2D eigenvalue weighted by atomic mass is 9.95. The molecule has 1 saturated heterocycles. The van der Waals surface area contributed by atoms with Crippen molar-refractivity contribution in [1.29, 1.82) is 0 Å². The fourth-order valence-corrected chi connectivity index (χ4v) is 3.04. The maximum Gasteiger partial charge on any atom is 0.0551 e. The lowest BCUT2D eigenvalue weighted by Gasteiger charge is -2.17. The average molecular weight is 283 g/mol. The highest BCUT2D eigenvalue weighted by Gasteiger charge is 2.28. The van der Waals surface area contributed by atoms with Gasteiger partial charge in [0, 0.05) is 4.83 Å². The number of rotatable bonds is 3. The molecule has 2 rings (SSSR count). The van der Waals surface area contributed by atoms with E-state index < -0.39 is 0 Å². The minimum absolute atomic E-state index is 0.432. The summed E-state index contributed by atoms with van der Waals surface area (Å²) in [4.78, 5) is 0.540. The van der Waals surface area contributed by atoms with Crippen molar-refractivity contribution in [3.8, 4) is 0 Å². The Labute approximate surface area is 106 Å². The minimum atomic E-state index is 0.432. The largest absolute Gasteiger partial charge is 0.378 e. The zero-order valence-electron chi connectivity index (χ0n) is 9.95. The molecule has 1 aliphatic heterocycles. The van der Waals surface area contributed by atoms with Crippen molar-refractivity contribution in [3.05, 3.63) is 35.4 Å². The third kappa shape index (κ3) is 2.86. The standard InChI is InChI=1S/C14H19BrO/c1-10-5-3-4-6-12(10)8-14(15)13-7-11(2)16-9-13/h3-6,11,13-14H,7-9H2,1-2H3. The Balaban J connectivity index is 1.97. The van der Waals surface area contributed by atoms with Gasteiger partial charge in [0.2, 0.25) is 0 Å². The number of ether oxygens (including phenoxy) is 1. The van der Waals surface area contributed by atoms with Gasteiger partial charge in [0.05, 0.1) is 12.7 Å². The Bertz CT molecular complexity index is 350. The third-order valence-electron chi connectivity index (χ3n) is 3.42. The van der Waals surface area contributed by atoms with Gasteiger partial charge in [0.1, 0.15) is 0 Å². The summed E-state index contributed by atoms with van der Waals surface area (Å²) in [6, 6.07) is 8.63. The maximum atomic E-state index is 5.62. The molecule has 0 radical (unpaired) electrons. The van der Waals surface area contributed by atoms with Crippen LogP contribution in [0.4, 0.5) is 0 Å². The molecule has 1 aromatic carbocycles. The molecular weight excluding hydrogens is 264 g/mol. The van der Waals surface area contributed by atoms with Crippen LogP contribution in [0.1, 0.15) is 24.5 Å². The molecule has 0 amide bonds.